The lowest BCUT2D eigenvalue weighted by atomic mass is 10.1. The second-order valence-corrected chi connectivity index (χ2v) is 8.54. The van der Waals surface area contributed by atoms with Crippen LogP contribution in [0.3, 0.4) is 0 Å². The van der Waals surface area contributed by atoms with Crippen LogP contribution in [0.25, 0.3) is 11.1 Å². The van der Waals surface area contributed by atoms with Crippen molar-refractivity contribution < 1.29 is 33.3 Å². The van der Waals surface area contributed by atoms with Gasteiger partial charge >= 0.3 is 17.9 Å². The molecule has 0 saturated carbocycles. The van der Waals surface area contributed by atoms with Crippen molar-refractivity contribution in [1.29, 1.82) is 0 Å². The standard InChI is InChI=1S/C22H22ClNO7S/c1-12(25)28-19-11-32-22(21(30-14(3)27)20(19)29-13(2)26)31-18-10-16(4-5-17(18)23)15-6-8-24-9-7-15/h4-10,19-22H,11H2,1-3H3/t19-,20+,21-,22+/m1/s1. The Balaban J connectivity index is 1.91. The van der Waals surface area contributed by atoms with Crippen LogP contribution in [0.15, 0.2) is 42.7 Å². The minimum Gasteiger partial charge on any atom is -0.474 e. The maximum atomic E-state index is 11.8. The molecule has 0 spiro atoms. The molecule has 0 N–H and O–H groups in total. The van der Waals surface area contributed by atoms with E-state index < -0.39 is 41.7 Å². The second kappa shape index (κ2) is 10.7. The van der Waals surface area contributed by atoms with Gasteiger partial charge in [-0.2, -0.15) is 0 Å². The van der Waals surface area contributed by atoms with Crippen LogP contribution in [0.1, 0.15) is 20.8 Å². The van der Waals surface area contributed by atoms with E-state index in [9.17, 15) is 14.4 Å². The molecule has 2 aromatic rings. The zero-order valence-electron chi connectivity index (χ0n) is 17.6. The van der Waals surface area contributed by atoms with Gasteiger partial charge in [0.25, 0.3) is 0 Å². The molecule has 4 atom stereocenters. The molecule has 32 heavy (non-hydrogen) atoms. The number of halogens is 1. The van der Waals surface area contributed by atoms with Crippen molar-refractivity contribution in [3.05, 3.63) is 47.7 Å². The lowest BCUT2D eigenvalue weighted by Gasteiger charge is -2.40. The summed E-state index contributed by atoms with van der Waals surface area (Å²) in [5.41, 5.74) is 1.01. The number of nitrogens with zero attached hydrogens (tertiary/aromatic N) is 1. The molecule has 1 aromatic heterocycles. The van der Waals surface area contributed by atoms with E-state index in [2.05, 4.69) is 4.98 Å². The molecule has 0 aliphatic carbocycles. The van der Waals surface area contributed by atoms with Crippen molar-refractivity contribution in [1.82, 2.24) is 4.98 Å². The van der Waals surface area contributed by atoms with E-state index in [4.69, 9.17) is 30.5 Å². The monoisotopic (exact) mass is 479 g/mol. The zero-order chi connectivity index (χ0) is 23.3. The van der Waals surface area contributed by atoms with Crippen LogP contribution in [-0.2, 0) is 28.6 Å². The number of ether oxygens (including phenoxy) is 4. The van der Waals surface area contributed by atoms with E-state index >= 15 is 0 Å². The fourth-order valence-corrected chi connectivity index (χ4v) is 4.62. The molecule has 1 aliphatic heterocycles. The van der Waals surface area contributed by atoms with Crippen molar-refractivity contribution in [2.24, 2.45) is 0 Å². The third-order valence-corrected chi connectivity index (χ3v) is 6.02. The smallest absolute Gasteiger partial charge is 0.303 e. The molecule has 2 heterocycles. The third kappa shape index (κ3) is 6.14. The first kappa shape index (κ1) is 23.9. The Kier molecular flexibility index (Phi) is 7.98. The van der Waals surface area contributed by atoms with Gasteiger partial charge in [0.15, 0.2) is 23.7 Å². The Hall–Kier alpha value is -2.78. The van der Waals surface area contributed by atoms with Crippen molar-refractivity contribution in [3.63, 3.8) is 0 Å². The molecule has 1 aromatic carbocycles. The summed E-state index contributed by atoms with van der Waals surface area (Å²) in [6.07, 6.45) is 0.492. The first-order valence-corrected chi connectivity index (χ1v) is 11.2. The number of carbonyl (C=O) groups is 3. The second-order valence-electron chi connectivity index (χ2n) is 7.00. The summed E-state index contributed by atoms with van der Waals surface area (Å²) in [5.74, 6) is -1.11. The first-order valence-electron chi connectivity index (χ1n) is 9.74. The molecular weight excluding hydrogens is 458 g/mol. The topological polar surface area (TPSA) is 101 Å². The number of hydrogen-bond acceptors (Lipinski definition) is 9. The number of aromatic nitrogens is 1. The highest BCUT2D eigenvalue weighted by molar-refractivity contribution is 7.99. The van der Waals surface area contributed by atoms with Gasteiger partial charge in [-0.15, -0.1) is 11.8 Å². The van der Waals surface area contributed by atoms with Crippen LogP contribution < -0.4 is 4.74 Å². The third-order valence-electron chi connectivity index (χ3n) is 4.49. The van der Waals surface area contributed by atoms with E-state index in [-0.39, 0.29) is 5.75 Å². The molecule has 0 bridgehead atoms. The summed E-state index contributed by atoms with van der Waals surface area (Å²) in [6, 6.07) is 9.02. The Morgan fingerprint density at radius 1 is 0.906 bits per heavy atom. The highest BCUT2D eigenvalue weighted by atomic mass is 35.5. The molecule has 8 nitrogen and oxygen atoms in total. The molecular formula is C22H22ClNO7S. The largest absolute Gasteiger partial charge is 0.474 e. The molecule has 170 valence electrons. The predicted octanol–water partition coefficient (Wildman–Crippen LogP) is 3.65. The van der Waals surface area contributed by atoms with Gasteiger partial charge in [-0.1, -0.05) is 17.7 Å². The summed E-state index contributed by atoms with van der Waals surface area (Å²) in [4.78, 5) is 39.1. The Labute approximate surface area is 194 Å². The molecule has 1 fully saturated rings. The summed E-state index contributed by atoms with van der Waals surface area (Å²) < 4.78 is 22.3. The summed E-state index contributed by atoms with van der Waals surface area (Å²) in [7, 11) is 0. The predicted molar refractivity (Wildman–Crippen MR) is 118 cm³/mol. The fourth-order valence-electron chi connectivity index (χ4n) is 3.25. The van der Waals surface area contributed by atoms with Crippen molar-refractivity contribution in [2.45, 2.75) is 44.5 Å². The van der Waals surface area contributed by atoms with Gasteiger partial charge in [0.1, 0.15) is 5.75 Å². The number of thioether (sulfide) groups is 1. The Morgan fingerprint density at radius 3 is 2.16 bits per heavy atom. The molecule has 0 radical (unpaired) electrons. The lowest BCUT2D eigenvalue weighted by molar-refractivity contribution is -0.186. The van der Waals surface area contributed by atoms with Crippen LogP contribution >= 0.6 is 23.4 Å². The SMILES string of the molecule is CC(=O)O[C@@H]1[C@@H](OC(C)=O)[C@@H](Oc2cc(-c3ccncc3)ccc2Cl)SC[C@H]1OC(C)=O. The quantitative estimate of drug-likeness (QED) is 0.453. The van der Waals surface area contributed by atoms with Gasteiger partial charge in [0.05, 0.1) is 5.02 Å². The van der Waals surface area contributed by atoms with Gasteiger partial charge in [-0.3, -0.25) is 19.4 Å². The van der Waals surface area contributed by atoms with E-state index in [1.54, 1.807) is 24.5 Å². The van der Waals surface area contributed by atoms with E-state index in [1.807, 2.05) is 18.2 Å². The van der Waals surface area contributed by atoms with Crippen LogP contribution in [0.5, 0.6) is 5.75 Å². The maximum Gasteiger partial charge on any atom is 0.303 e. The van der Waals surface area contributed by atoms with Crippen LogP contribution in [0.2, 0.25) is 5.02 Å². The van der Waals surface area contributed by atoms with Crippen molar-refractivity contribution >= 4 is 41.3 Å². The number of esters is 3. The van der Waals surface area contributed by atoms with Crippen LogP contribution in [-0.4, -0.2) is 52.4 Å². The first-order chi connectivity index (χ1) is 15.2. The van der Waals surface area contributed by atoms with Gasteiger partial charge in [-0.25, -0.2) is 0 Å². The molecule has 0 amide bonds. The normalized spacial score (nSPS) is 22.5. The molecule has 10 heteroatoms. The van der Waals surface area contributed by atoms with Gasteiger partial charge in [0, 0.05) is 38.9 Å². The Morgan fingerprint density at radius 2 is 1.53 bits per heavy atom. The van der Waals surface area contributed by atoms with Crippen LogP contribution in [0.4, 0.5) is 0 Å². The van der Waals surface area contributed by atoms with Crippen molar-refractivity contribution in [2.75, 3.05) is 5.75 Å². The van der Waals surface area contributed by atoms with Gasteiger partial charge in [0.2, 0.25) is 0 Å². The van der Waals surface area contributed by atoms with Gasteiger partial charge < -0.3 is 18.9 Å². The maximum absolute atomic E-state index is 11.8. The minimum absolute atomic E-state index is 0.265. The Bertz CT molecular complexity index is 987. The van der Waals surface area contributed by atoms with E-state index in [0.717, 1.165) is 11.1 Å². The number of hydrogen-bond donors (Lipinski definition) is 0. The summed E-state index contributed by atoms with van der Waals surface area (Å²) >= 11 is 7.63. The van der Waals surface area contributed by atoms with Gasteiger partial charge in [-0.05, 0) is 35.4 Å². The summed E-state index contributed by atoms with van der Waals surface area (Å²) in [5, 5.41) is 0.358. The lowest BCUT2D eigenvalue weighted by Crippen LogP contribution is -2.55. The van der Waals surface area contributed by atoms with Crippen molar-refractivity contribution in [3.8, 4) is 16.9 Å². The number of carbonyl (C=O) groups excluding carboxylic acids is 3. The number of benzene rings is 1. The minimum atomic E-state index is -1.03. The average molecular weight is 480 g/mol. The number of pyridine rings is 1. The summed E-state index contributed by atoms with van der Waals surface area (Å²) in [6.45, 7) is 3.71. The van der Waals surface area contributed by atoms with E-state index in [0.29, 0.717) is 10.8 Å². The average Bonchev–Trinajstić information content (AvgIpc) is 2.73. The fraction of sp³-hybridized carbons (Fsp3) is 0.364. The zero-order valence-corrected chi connectivity index (χ0v) is 19.2. The number of rotatable bonds is 6. The molecule has 3 rings (SSSR count). The molecule has 1 saturated heterocycles. The van der Waals surface area contributed by atoms with E-state index in [1.165, 1.54) is 32.5 Å². The molecule has 1 aliphatic rings. The molecule has 0 unspecified atom stereocenters. The highest BCUT2D eigenvalue weighted by Crippen LogP contribution is 2.37. The highest BCUT2D eigenvalue weighted by Gasteiger charge is 2.47. The van der Waals surface area contributed by atoms with Crippen LogP contribution in [0, 0.1) is 0 Å².